The van der Waals surface area contributed by atoms with E-state index in [0.29, 0.717) is 19.6 Å². The molecule has 1 N–H and O–H groups in total. The van der Waals surface area contributed by atoms with Gasteiger partial charge in [-0.1, -0.05) is 18.2 Å². The molecule has 0 saturated heterocycles. The van der Waals surface area contributed by atoms with Crippen molar-refractivity contribution in [3.63, 3.8) is 0 Å². The van der Waals surface area contributed by atoms with E-state index in [9.17, 15) is 4.79 Å². The van der Waals surface area contributed by atoms with Gasteiger partial charge in [-0.2, -0.15) is 0 Å². The van der Waals surface area contributed by atoms with Crippen LogP contribution in [0.1, 0.15) is 18.1 Å². The van der Waals surface area contributed by atoms with Crippen molar-refractivity contribution in [3.05, 3.63) is 60.0 Å². The summed E-state index contributed by atoms with van der Waals surface area (Å²) in [6.07, 6.45) is 1.76. The zero-order chi connectivity index (χ0) is 16.1. The lowest BCUT2D eigenvalue weighted by Gasteiger charge is -2.07. The predicted molar refractivity (Wildman–Crippen MR) is 87.2 cm³/mol. The largest absolute Gasteiger partial charge is 0.494 e. The molecule has 0 aliphatic carbocycles. The molecule has 5 nitrogen and oxygen atoms in total. The lowest BCUT2D eigenvalue weighted by Crippen LogP contribution is -2.24. The van der Waals surface area contributed by atoms with Gasteiger partial charge in [0.1, 0.15) is 11.3 Å². The number of benzene rings is 2. The molecule has 2 aromatic carbocycles. The van der Waals surface area contributed by atoms with Crippen LogP contribution >= 0.6 is 0 Å². The van der Waals surface area contributed by atoms with Gasteiger partial charge in [0.15, 0.2) is 12.0 Å². The SMILES string of the molecule is CCOc1ccc(CC(=O)NCc2ccc3ncoc3c2)cc1. The van der Waals surface area contributed by atoms with E-state index in [1.54, 1.807) is 0 Å². The Morgan fingerprint density at radius 2 is 1.96 bits per heavy atom. The van der Waals surface area contributed by atoms with Crippen LogP contribution in [0, 0.1) is 0 Å². The van der Waals surface area contributed by atoms with Gasteiger partial charge in [0, 0.05) is 6.54 Å². The van der Waals surface area contributed by atoms with E-state index in [-0.39, 0.29) is 5.91 Å². The van der Waals surface area contributed by atoms with Gasteiger partial charge in [-0.25, -0.2) is 4.98 Å². The van der Waals surface area contributed by atoms with Crippen LogP contribution < -0.4 is 10.1 Å². The van der Waals surface area contributed by atoms with Gasteiger partial charge in [0.05, 0.1) is 13.0 Å². The molecule has 23 heavy (non-hydrogen) atoms. The molecule has 0 atom stereocenters. The van der Waals surface area contributed by atoms with E-state index < -0.39 is 0 Å². The summed E-state index contributed by atoms with van der Waals surface area (Å²) in [5.74, 6) is 0.795. The fourth-order valence-corrected chi connectivity index (χ4v) is 2.33. The van der Waals surface area contributed by atoms with Crippen molar-refractivity contribution < 1.29 is 13.9 Å². The van der Waals surface area contributed by atoms with E-state index >= 15 is 0 Å². The number of fused-ring (bicyclic) bond motifs is 1. The average Bonchev–Trinajstić information content (AvgIpc) is 3.03. The van der Waals surface area contributed by atoms with Crippen LogP contribution in [0.25, 0.3) is 11.1 Å². The number of hydrogen-bond acceptors (Lipinski definition) is 4. The Hall–Kier alpha value is -2.82. The Bertz CT molecular complexity index is 793. The summed E-state index contributed by atoms with van der Waals surface area (Å²) in [5.41, 5.74) is 3.48. The Labute approximate surface area is 134 Å². The highest BCUT2D eigenvalue weighted by atomic mass is 16.5. The van der Waals surface area contributed by atoms with Crippen LogP contribution in [-0.2, 0) is 17.8 Å². The van der Waals surface area contributed by atoms with E-state index in [1.165, 1.54) is 6.39 Å². The number of carbonyl (C=O) groups is 1. The monoisotopic (exact) mass is 310 g/mol. The third-order valence-corrected chi connectivity index (χ3v) is 3.48. The Kier molecular flexibility index (Phi) is 4.57. The van der Waals surface area contributed by atoms with Crippen molar-refractivity contribution in [1.82, 2.24) is 10.3 Å². The van der Waals surface area contributed by atoms with Gasteiger partial charge in [-0.3, -0.25) is 4.79 Å². The molecule has 0 bridgehead atoms. The minimum Gasteiger partial charge on any atom is -0.494 e. The van der Waals surface area contributed by atoms with Gasteiger partial charge in [0.25, 0.3) is 0 Å². The van der Waals surface area contributed by atoms with Gasteiger partial charge < -0.3 is 14.5 Å². The fourth-order valence-electron chi connectivity index (χ4n) is 2.33. The molecule has 0 aliphatic rings. The summed E-state index contributed by atoms with van der Waals surface area (Å²) in [6.45, 7) is 3.04. The fraction of sp³-hybridized carbons (Fsp3) is 0.222. The van der Waals surface area contributed by atoms with Gasteiger partial charge in [-0.15, -0.1) is 0 Å². The first kappa shape index (κ1) is 15.1. The number of hydrogen-bond donors (Lipinski definition) is 1. The molecule has 3 aromatic rings. The molecule has 118 valence electrons. The smallest absolute Gasteiger partial charge is 0.224 e. The normalized spacial score (nSPS) is 10.7. The number of aromatic nitrogens is 1. The number of amides is 1. The molecule has 0 aliphatic heterocycles. The zero-order valence-electron chi connectivity index (χ0n) is 12.9. The number of nitrogens with one attached hydrogen (secondary N) is 1. The molecule has 1 heterocycles. The van der Waals surface area contributed by atoms with E-state index in [4.69, 9.17) is 9.15 Å². The Balaban J connectivity index is 1.54. The molecule has 0 spiro atoms. The van der Waals surface area contributed by atoms with E-state index in [2.05, 4.69) is 10.3 Å². The minimum atomic E-state index is -0.0215. The maximum absolute atomic E-state index is 12.0. The standard InChI is InChI=1S/C18H18N2O3/c1-2-22-15-6-3-13(4-7-15)10-18(21)19-11-14-5-8-16-17(9-14)23-12-20-16/h3-9,12H,2,10-11H2,1H3,(H,19,21). The Morgan fingerprint density at radius 3 is 2.74 bits per heavy atom. The van der Waals surface area contributed by atoms with Crippen LogP contribution in [0.2, 0.25) is 0 Å². The maximum Gasteiger partial charge on any atom is 0.224 e. The predicted octanol–water partition coefficient (Wildman–Crippen LogP) is 3.09. The molecule has 1 amide bonds. The molecule has 0 saturated carbocycles. The number of rotatable bonds is 6. The number of oxazole rings is 1. The molecule has 0 unspecified atom stereocenters. The summed E-state index contributed by atoms with van der Waals surface area (Å²) >= 11 is 0. The van der Waals surface area contributed by atoms with Crippen LogP contribution in [0.4, 0.5) is 0 Å². The van der Waals surface area contributed by atoms with Crippen molar-refractivity contribution in [1.29, 1.82) is 0 Å². The summed E-state index contributed by atoms with van der Waals surface area (Å²) < 4.78 is 10.6. The molecule has 1 aromatic heterocycles. The van der Waals surface area contributed by atoms with Gasteiger partial charge in [0.2, 0.25) is 5.91 Å². The quantitative estimate of drug-likeness (QED) is 0.760. The van der Waals surface area contributed by atoms with Crippen molar-refractivity contribution in [2.75, 3.05) is 6.61 Å². The average molecular weight is 310 g/mol. The summed E-state index contributed by atoms with van der Waals surface area (Å²) in [5, 5.41) is 2.91. The first-order valence-corrected chi connectivity index (χ1v) is 7.55. The zero-order valence-corrected chi connectivity index (χ0v) is 12.9. The van der Waals surface area contributed by atoms with E-state index in [0.717, 1.165) is 28.0 Å². The van der Waals surface area contributed by atoms with E-state index in [1.807, 2.05) is 49.4 Å². The molecular weight excluding hydrogens is 292 g/mol. The topological polar surface area (TPSA) is 64.4 Å². The summed E-state index contributed by atoms with van der Waals surface area (Å²) in [7, 11) is 0. The maximum atomic E-state index is 12.0. The van der Waals surface area contributed by atoms with Crippen molar-refractivity contribution >= 4 is 17.0 Å². The van der Waals surface area contributed by atoms with Gasteiger partial charge in [-0.05, 0) is 42.3 Å². The van der Waals surface area contributed by atoms with Gasteiger partial charge >= 0.3 is 0 Å². The second kappa shape index (κ2) is 6.96. The highest BCUT2D eigenvalue weighted by Crippen LogP contribution is 2.15. The highest BCUT2D eigenvalue weighted by Gasteiger charge is 2.05. The van der Waals surface area contributed by atoms with Crippen molar-refractivity contribution in [2.24, 2.45) is 0 Å². The summed E-state index contributed by atoms with van der Waals surface area (Å²) in [6, 6.07) is 13.3. The molecule has 3 rings (SSSR count). The molecule has 0 radical (unpaired) electrons. The number of nitrogens with zero attached hydrogens (tertiary/aromatic N) is 1. The second-order valence-electron chi connectivity index (χ2n) is 5.18. The van der Waals surface area contributed by atoms with Crippen LogP contribution in [0.5, 0.6) is 5.75 Å². The highest BCUT2D eigenvalue weighted by molar-refractivity contribution is 5.79. The van der Waals surface area contributed by atoms with Crippen LogP contribution in [-0.4, -0.2) is 17.5 Å². The lowest BCUT2D eigenvalue weighted by molar-refractivity contribution is -0.120. The molecule has 0 fully saturated rings. The number of ether oxygens (including phenoxy) is 1. The lowest BCUT2D eigenvalue weighted by atomic mass is 10.1. The Morgan fingerprint density at radius 1 is 1.17 bits per heavy atom. The molecule has 5 heteroatoms. The summed E-state index contributed by atoms with van der Waals surface area (Å²) in [4.78, 5) is 16.1. The number of carbonyl (C=O) groups excluding carboxylic acids is 1. The van der Waals surface area contributed by atoms with Crippen LogP contribution in [0.15, 0.2) is 53.3 Å². The third-order valence-electron chi connectivity index (χ3n) is 3.48. The minimum absolute atomic E-state index is 0.0215. The third kappa shape index (κ3) is 3.88. The van der Waals surface area contributed by atoms with Crippen molar-refractivity contribution in [2.45, 2.75) is 19.9 Å². The molecular formula is C18H18N2O3. The first-order chi connectivity index (χ1) is 11.2. The van der Waals surface area contributed by atoms with Crippen molar-refractivity contribution in [3.8, 4) is 5.75 Å². The first-order valence-electron chi connectivity index (χ1n) is 7.55. The second-order valence-corrected chi connectivity index (χ2v) is 5.18. The van der Waals surface area contributed by atoms with Crippen LogP contribution in [0.3, 0.4) is 0 Å².